The second kappa shape index (κ2) is 8.84. The molecule has 0 aliphatic carbocycles. The second-order valence-corrected chi connectivity index (χ2v) is 7.24. The molecule has 0 spiro atoms. The summed E-state index contributed by atoms with van der Waals surface area (Å²) in [6.45, 7) is 8.21. The van der Waals surface area contributed by atoms with Gasteiger partial charge in [-0.3, -0.25) is 14.3 Å². The van der Waals surface area contributed by atoms with Gasteiger partial charge in [-0.05, 0) is 49.2 Å². The lowest BCUT2D eigenvalue weighted by Gasteiger charge is -2.11. The van der Waals surface area contributed by atoms with Gasteiger partial charge in [-0.25, -0.2) is 0 Å². The molecule has 0 saturated heterocycles. The van der Waals surface area contributed by atoms with Crippen molar-refractivity contribution in [2.75, 3.05) is 12.9 Å². The summed E-state index contributed by atoms with van der Waals surface area (Å²) < 4.78 is 7.26. The van der Waals surface area contributed by atoms with Crippen molar-refractivity contribution in [1.29, 1.82) is 0 Å². The summed E-state index contributed by atoms with van der Waals surface area (Å²) >= 11 is 1.37. The fourth-order valence-electron chi connectivity index (χ4n) is 2.92. The van der Waals surface area contributed by atoms with Gasteiger partial charge in [-0.1, -0.05) is 17.8 Å². The highest BCUT2D eigenvalue weighted by atomic mass is 32.2. The van der Waals surface area contributed by atoms with Crippen LogP contribution < -0.4 is 4.74 Å². The Morgan fingerprint density at radius 2 is 2.11 bits per heavy atom. The molecule has 0 unspecified atom stereocenters. The quantitative estimate of drug-likeness (QED) is 0.325. The first-order valence-corrected chi connectivity index (χ1v) is 9.79. The molecule has 2 heterocycles. The summed E-state index contributed by atoms with van der Waals surface area (Å²) in [5.74, 6) is 1.81. The monoisotopic (exact) mass is 394 g/mol. The highest BCUT2D eigenvalue weighted by Crippen LogP contribution is 2.27. The number of carbonyl (C=O) groups excluding carboxylic acids is 1. The molecule has 0 aliphatic heterocycles. The molecule has 3 rings (SSSR count). The standard InChI is InChI=1S/C21H22N4O2S/c1-5-9-25-20(16-7-6-8-22-12-16)23-24-21(25)28-13-18(26)17-10-15(3)19(27-4)11-14(17)2/h5-8,10-12H,1,9,13H2,2-4H3. The van der Waals surface area contributed by atoms with E-state index < -0.39 is 0 Å². The predicted octanol–water partition coefficient (Wildman–Crippen LogP) is 4.13. The van der Waals surface area contributed by atoms with E-state index in [0.29, 0.717) is 23.1 Å². The molecule has 0 atom stereocenters. The largest absolute Gasteiger partial charge is 0.496 e. The molecule has 144 valence electrons. The van der Waals surface area contributed by atoms with E-state index in [2.05, 4.69) is 21.8 Å². The van der Waals surface area contributed by atoms with Crippen LogP contribution in [-0.2, 0) is 6.54 Å². The normalized spacial score (nSPS) is 10.7. The number of ether oxygens (including phenoxy) is 1. The van der Waals surface area contributed by atoms with E-state index in [9.17, 15) is 4.79 Å². The van der Waals surface area contributed by atoms with E-state index in [-0.39, 0.29) is 11.5 Å². The van der Waals surface area contributed by atoms with Gasteiger partial charge in [0.05, 0.1) is 12.9 Å². The molecule has 28 heavy (non-hydrogen) atoms. The maximum Gasteiger partial charge on any atom is 0.192 e. The van der Waals surface area contributed by atoms with Crippen molar-refractivity contribution in [1.82, 2.24) is 19.7 Å². The maximum absolute atomic E-state index is 12.8. The zero-order valence-electron chi connectivity index (χ0n) is 16.2. The van der Waals surface area contributed by atoms with Crippen molar-refractivity contribution in [2.45, 2.75) is 25.5 Å². The summed E-state index contributed by atoms with van der Waals surface area (Å²) in [6, 6.07) is 7.56. The first-order valence-electron chi connectivity index (χ1n) is 8.81. The number of hydrogen-bond donors (Lipinski definition) is 0. The van der Waals surface area contributed by atoms with Crippen LogP contribution in [0.1, 0.15) is 21.5 Å². The van der Waals surface area contributed by atoms with Crippen LogP contribution in [-0.4, -0.2) is 38.4 Å². The molecule has 7 heteroatoms. The molecular formula is C21H22N4O2S. The second-order valence-electron chi connectivity index (χ2n) is 6.30. The van der Waals surface area contributed by atoms with Gasteiger partial charge in [-0.2, -0.15) is 0 Å². The van der Waals surface area contributed by atoms with Crippen molar-refractivity contribution in [3.63, 3.8) is 0 Å². The minimum Gasteiger partial charge on any atom is -0.496 e. The summed E-state index contributed by atoms with van der Waals surface area (Å²) in [6.07, 6.45) is 5.24. The van der Waals surface area contributed by atoms with Crippen molar-refractivity contribution in [2.24, 2.45) is 0 Å². The van der Waals surface area contributed by atoms with Gasteiger partial charge in [0.2, 0.25) is 0 Å². The van der Waals surface area contributed by atoms with Crippen molar-refractivity contribution in [3.05, 3.63) is 66.0 Å². The number of pyridine rings is 1. The minimum absolute atomic E-state index is 0.0457. The van der Waals surface area contributed by atoms with E-state index >= 15 is 0 Å². The number of methoxy groups -OCH3 is 1. The summed E-state index contributed by atoms with van der Waals surface area (Å²) in [5, 5.41) is 9.23. The molecule has 0 N–H and O–H groups in total. The average Bonchev–Trinajstić information content (AvgIpc) is 3.11. The molecule has 6 nitrogen and oxygen atoms in total. The molecule has 0 radical (unpaired) electrons. The SMILES string of the molecule is C=CCn1c(SCC(=O)c2cc(C)c(OC)cc2C)nnc1-c1cccnc1. The van der Waals surface area contributed by atoms with Gasteiger partial charge in [-0.15, -0.1) is 16.8 Å². The van der Waals surface area contributed by atoms with Gasteiger partial charge in [0.15, 0.2) is 16.8 Å². The van der Waals surface area contributed by atoms with Crippen molar-refractivity contribution < 1.29 is 9.53 Å². The third-order valence-electron chi connectivity index (χ3n) is 4.32. The Kier molecular flexibility index (Phi) is 6.26. The van der Waals surface area contributed by atoms with E-state index in [1.807, 2.05) is 42.7 Å². The number of thioether (sulfide) groups is 1. The van der Waals surface area contributed by atoms with Gasteiger partial charge >= 0.3 is 0 Å². The van der Waals surface area contributed by atoms with Crippen LogP contribution in [0.5, 0.6) is 5.75 Å². The summed E-state index contributed by atoms with van der Waals surface area (Å²) in [7, 11) is 1.63. The molecular weight excluding hydrogens is 372 g/mol. The molecule has 0 aliphatic rings. The van der Waals surface area contributed by atoms with Gasteiger partial charge in [0.25, 0.3) is 0 Å². The number of ketones is 1. The van der Waals surface area contributed by atoms with Gasteiger partial charge in [0.1, 0.15) is 5.75 Å². The molecule has 0 amide bonds. The van der Waals surface area contributed by atoms with Crippen LogP contribution in [0.3, 0.4) is 0 Å². The lowest BCUT2D eigenvalue weighted by molar-refractivity contribution is 0.102. The Bertz CT molecular complexity index is 999. The van der Waals surface area contributed by atoms with E-state index in [0.717, 1.165) is 22.4 Å². The number of allylic oxidation sites excluding steroid dienone is 1. The Hall–Kier alpha value is -2.93. The smallest absolute Gasteiger partial charge is 0.192 e. The Labute approximate surface area is 168 Å². The number of Topliss-reactive ketones (excluding diaryl/α,β-unsaturated/α-hetero) is 1. The number of rotatable bonds is 8. The van der Waals surface area contributed by atoms with E-state index in [1.54, 1.807) is 25.6 Å². The van der Waals surface area contributed by atoms with Crippen molar-refractivity contribution in [3.8, 4) is 17.1 Å². The van der Waals surface area contributed by atoms with Crippen LogP contribution in [0.25, 0.3) is 11.4 Å². The molecule has 2 aromatic heterocycles. The van der Waals surface area contributed by atoms with Crippen LogP contribution in [0, 0.1) is 13.8 Å². The number of carbonyl (C=O) groups is 1. The average molecular weight is 395 g/mol. The number of benzene rings is 1. The molecule has 0 bridgehead atoms. The summed E-state index contributed by atoms with van der Waals surface area (Å²) in [5.41, 5.74) is 3.41. The van der Waals surface area contributed by atoms with Gasteiger partial charge in [0, 0.05) is 30.1 Å². The number of hydrogen-bond acceptors (Lipinski definition) is 6. The third kappa shape index (κ3) is 4.14. The third-order valence-corrected chi connectivity index (χ3v) is 5.29. The minimum atomic E-state index is 0.0457. The maximum atomic E-state index is 12.8. The number of aromatic nitrogens is 4. The van der Waals surface area contributed by atoms with E-state index in [1.165, 1.54) is 11.8 Å². The zero-order valence-corrected chi connectivity index (χ0v) is 17.0. The fraction of sp³-hybridized carbons (Fsp3) is 0.238. The number of aryl methyl sites for hydroxylation is 2. The van der Waals surface area contributed by atoms with Crippen LogP contribution in [0.4, 0.5) is 0 Å². The molecule has 0 saturated carbocycles. The zero-order chi connectivity index (χ0) is 20.1. The van der Waals surface area contributed by atoms with Crippen LogP contribution >= 0.6 is 11.8 Å². The van der Waals surface area contributed by atoms with Crippen LogP contribution in [0.2, 0.25) is 0 Å². The molecule has 0 fully saturated rings. The summed E-state index contributed by atoms with van der Waals surface area (Å²) in [4.78, 5) is 16.9. The van der Waals surface area contributed by atoms with Crippen molar-refractivity contribution >= 4 is 17.5 Å². The first-order chi connectivity index (χ1) is 13.5. The molecule has 1 aromatic carbocycles. The Balaban J connectivity index is 1.81. The highest BCUT2D eigenvalue weighted by molar-refractivity contribution is 7.99. The lowest BCUT2D eigenvalue weighted by atomic mass is 10.0. The highest BCUT2D eigenvalue weighted by Gasteiger charge is 2.17. The predicted molar refractivity (Wildman–Crippen MR) is 111 cm³/mol. The van der Waals surface area contributed by atoms with Gasteiger partial charge < -0.3 is 4.74 Å². The van der Waals surface area contributed by atoms with Crippen LogP contribution in [0.15, 0.2) is 54.5 Å². The fourth-order valence-corrected chi connectivity index (χ4v) is 3.75. The first kappa shape index (κ1) is 19.8. The Morgan fingerprint density at radius 3 is 2.79 bits per heavy atom. The number of nitrogens with zero attached hydrogens (tertiary/aromatic N) is 4. The Morgan fingerprint density at radius 1 is 1.29 bits per heavy atom. The molecule has 3 aromatic rings. The lowest BCUT2D eigenvalue weighted by Crippen LogP contribution is -2.08. The van der Waals surface area contributed by atoms with E-state index in [4.69, 9.17) is 4.74 Å². The topological polar surface area (TPSA) is 69.9 Å².